The largest absolute Gasteiger partial charge is 0.331 e. The van der Waals surface area contributed by atoms with Gasteiger partial charge in [0, 0.05) is 25.5 Å². The number of carbonyl (C=O) groups is 1. The van der Waals surface area contributed by atoms with Gasteiger partial charge in [-0.2, -0.15) is 0 Å². The van der Waals surface area contributed by atoms with Gasteiger partial charge in [0.25, 0.3) is 0 Å². The Hall–Kier alpha value is -2.43. The van der Waals surface area contributed by atoms with E-state index in [1.54, 1.807) is 22.2 Å². The van der Waals surface area contributed by atoms with Crippen molar-refractivity contribution in [1.29, 1.82) is 0 Å². The van der Waals surface area contributed by atoms with Gasteiger partial charge in [-0.05, 0) is 49.2 Å². The molecule has 1 aliphatic rings. The Morgan fingerprint density at radius 3 is 1.75 bits per heavy atom. The van der Waals surface area contributed by atoms with Crippen LogP contribution in [0.5, 0.6) is 0 Å². The topological polar surface area (TPSA) is 49.3 Å². The van der Waals surface area contributed by atoms with Gasteiger partial charge in [0.1, 0.15) is 11.6 Å². The number of nitrogens with zero attached hydrogens (tertiary/aromatic N) is 4. The lowest BCUT2D eigenvalue weighted by atomic mass is 10.3. The highest BCUT2D eigenvalue weighted by Crippen LogP contribution is 2.23. The molecule has 3 rings (SSSR count). The second-order valence-corrected chi connectivity index (χ2v) is 4.97. The van der Waals surface area contributed by atoms with Crippen molar-refractivity contribution in [2.45, 2.75) is 13.8 Å². The number of aryl methyl sites for hydroxylation is 2. The number of urea groups is 1. The smallest absolute Gasteiger partial charge is 0.276 e. The molecule has 102 valence electrons. The molecule has 0 aliphatic carbocycles. The maximum atomic E-state index is 12.5. The Morgan fingerprint density at radius 1 is 0.900 bits per heavy atom. The summed E-state index contributed by atoms with van der Waals surface area (Å²) >= 11 is 0. The highest BCUT2D eigenvalue weighted by atomic mass is 16.2. The van der Waals surface area contributed by atoms with Crippen LogP contribution in [0.3, 0.4) is 0 Å². The van der Waals surface area contributed by atoms with E-state index < -0.39 is 0 Å². The van der Waals surface area contributed by atoms with Crippen molar-refractivity contribution in [2.24, 2.45) is 0 Å². The number of carbonyl (C=O) groups excluding carboxylic acids is 1. The number of pyridine rings is 2. The molecule has 5 heteroatoms. The minimum absolute atomic E-state index is 0.0683. The van der Waals surface area contributed by atoms with Gasteiger partial charge in [-0.3, -0.25) is 9.80 Å². The Kier molecular flexibility index (Phi) is 3.10. The third-order valence-corrected chi connectivity index (χ3v) is 3.36. The number of hydrogen-bond acceptors (Lipinski definition) is 3. The van der Waals surface area contributed by atoms with Gasteiger partial charge in [0.2, 0.25) is 0 Å². The van der Waals surface area contributed by atoms with Crippen molar-refractivity contribution in [3.8, 4) is 0 Å². The van der Waals surface area contributed by atoms with E-state index in [-0.39, 0.29) is 6.03 Å². The second kappa shape index (κ2) is 4.92. The van der Waals surface area contributed by atoms with Crippen molar-refractivity contribution >= 4 is 17.7 Å². The normalized spacial score (nSPS) is 15.0. The van der Waals surface area contributed by atoms with E-state index in [0.717, 1.165) is 11.1 Å². The first-order valence-electron chi connectivity index (χ1n) is 6.59. The Morgan fingerprint density at radius 2 is 1.35 bits per heavy atom. The molecule has 0 bridgehead atoms. The average molecular weight is 268 g/mol. The van der Waals surface area contributed by atoms with Crippen molar-refractivity contribution < 1.29 is 4.79 Å². The monoisotopic (exact) mass is 268 g/mol. The standard InChI is InChI=1S/C15H16N4O/c1-11-3-5-16-13(9-11)18-7-8-19(15(18)20)14-10-12(2)4-6-17-14/h3-6,9-10H,7-8H2,1-2H3. The summed E-state index contributed by atoms with van der Waals surface area (Å²) in [5.74, 6) is 1.40. The molecule has 2 amide bonds. The zero-order valence-corrected chi connectivity index (χ0v) is 11.6. The molecule has 0 N–H and O–H groups in total. The van der Waals surface area contributed by atoms with Crippen LogP contribution in [0.25, 0.3) is 0 Å². The fourth-order valence-electron chi connectivity index (χ4n) is 2.30. The predicted molar refractivity (Wildman–Crippen MR) is 78.0 cm³/mol. The Bertz CT molecular complexity index is 600. The molecule has 20 heavy (non-hydrogen) atoms. The van der Waals surface area contributed by atoms with Gasteiger partial charge < -0.3 is 0 Å². The maximum Gasteiger partial charge on any atom is 0.331 e. The number of aromatic nitrogens is 2. The lowest BCUT2D eigenvalue weighted by molar-refractivity contribution is 0.255. The molecule has 2 aromatic rings. The first-order valence-corrected chi connectivity index (χ1v) is 6.59. The quantitative estimate of drug-likeness (QED) is 0.841. The zero-order valence-electron chi connectivity index (χ0n) is 11.6. The average Bonchev–Trinajstić information content (AvgIpc) is 2.80. The fourth-order valence-corrected chi connectivity index (χ4v) is 2.30. The van der Waals surface area contributed by atoms with E-state index in [0.29, 0.717) is 24.7 Å². The predicted octanol–water partition coefficient (Wildman–Crippen LogP) is 2.54. The molecule has 0 saturated carbocycles. The van der Waals surface area contributed by atoms with Gasteiger partial charge in [-0.25, -0.2) is 14.8 Å². The molecular weight excluding hydrogens is 252 g/mol. The summed E-state index contributed by atoms with van der Waals surface area (Å²) in [6.45, 7) is 5.24. The highest BCUT2D eigenvalue weighted by Gasteiger charge is 2.32. The van der Waals surface area contributed by atoms with Crippen LogP contribution in [0.1, 0.15) is 11.1 Å². The molecule has 0 aromatic carbocycles. The third kappa shape index (κ3) is 2.22. The molecule has 1 fully saturated rings. The van der Waals surface area contributed by atoms with Crippen molar-refractivity contribution in [2.75, 3.05) is 22.9 Å². The first-order chi connectivity index (χ1) is 9.65. The van der Waals surface area contributed by atoms with Crippen LogP contribution in [0.4, 0.5) is 16.4 Å². The first kappa shape index (κ1) is 12.6. The van der Waals surface area contributed by atoms with E-state index in [9.17, 15) is 4.79 Å². The molecule has 0 atom stereocenters. The van der Waals surface area contributed by atoms with E-state index in [4.69, 9.17) is 0 Å². The van der Waals surface area contributed by atoms with E-state index in [1.165, 1.54) is 0 Å². The molecule has 2 aromatic heterocycles. The van der Waals surface area contributed by atoms with Gasteiger partial charge >= 0.3 is 6.03 Å². The number of rotatable bonds is 2. The second-order valence-electron chi connectivity index (χ2n) is 4.97. The molecule has 5 nitrogen and oxygen atoms in total. The number of hydrogen-bond donors (Lipinski definition) is 0. The summed E-state index contributed by atoms with van der Waals surface area (Å²) in [6, 6.07) is 7.62. The van der Waals surface area contributed by atoms with Gasteiger partial charge in [-0.15, -0.1) is 0 Å². The number of amides is 2. The molecule has 0 spiro atoms. The van der Waals surface area contributed by atoms with Crippen LogP contribution in [0.2, 0.25) is 0 Å². The number of anilines is 2. The molecule has 0 radical (unpaired) electrons. The van der Waals surface area contributed by atoms with E-state index >= 15 is 0 Å². The maximum absolute atomic E-state index is 12.5. The minimum atomic E-state index is -0.0683. The molecule has 3 heterocycles. The third-order valence-electron chi connectivity index (χ3n) is 3.36. The van der Waals surface area contributed by atoms with Crippen LogP contribution in [0, 0.1) is 13.8 Å². The minimum Gasteiger partial charge on any atom is -0.276 e. The van der Waals surface area contributed by atoms with E-state index in [2.05, 4.69) is 9.97 Å². The van der Waals surface area contributed by atoms with Crippen molar-refractivity contribution in [1.82, 2.24) is 9.97 Å². The lowest BCUT2D eigenvalue weighted by Gasteiger charge is -2.17. The van der Waals surface area contributed by atoms with Crippen LogP contribution < -0.4 is 9.80 Å². The molecule has 0 unspecified atom stereocenters. The van der Waals surface area contributed by atoms with Gasteiger partial charge in [0.05, 0.1) is 0 Å². The molecule has 1 aliphatic heterocycles. The SMILES string of the molecule is Cc1ccnc(N2CCN(c3cc(C)ccn3)C2=O)c1. The lowest BCUT2D eigenvalue weighted by Crippen LogP contribution is -2.32. The summed E-state index contributed by atoms with van der Waals surface area (Å²) < 4.78 is 0. The van der Waals surface area contributed by atoms with Gasteiger partial charge in [-0.1, -0.05) is 0 Å². The van der Waals surface area contributed by atoms with Crippen LogP contribution >= 0.6 is 0 Å². The van der Waals surface area contributed by atoms with Crippen LogP contribution in [-0.4, -0.2) is 29.1 Å². The molecule has 1 saturated heterocycles. The fraction of sp³-hybridized carbons (Fsp3) is 0.267. The molecular formula is C15H16N4O. The summed E-state index contributed by atoms with van der Waals surface area (Å²) in [7, 11) is 0. The summed E-state index contributed by atoms with van der Waals surface area (Å²) in [6.07, 6.45) is 3.46. The summed E-state index contributed by atoms with van der Waals surface area (Å²) in [4.78, 5) is 24.4. The van der Waals surface area contributed by atoms with Crippen LogP contribution in [-0.2, 0) is 0 Å². The van der Waals surface area contributed by atoms with Crippen LogP contribution in [0.15, 0.2) is 36.7 Å². The van der Waals surface area contributed by atoms with E-state index in [1.807, 2.05) is 38.1 Å². The summed E-state index contributed by atoms with van der Waals surface area (Å²) in [5.41, 5.74) is 2.19. The Labute approximate surface area is 117 Å². The van der Waals surface area contributed by atoms with Gasteiger partial charge in [0.15, 0.2) is 0 Å². The zero-order chi connectivity index (χ0) is 14.1. The summed E-state index contributed by atoms with van der Waals surface area (Å²) in [5, 5.41) is 0. The van der Waals surface area contributed by atoms with Crippen molar-refractivity contribution in [3.05, 3.63) is 47.8 Å². The van der Waals surface area contributed by atoms with Crippen molar-refractivity contribution in [3.63, 3.8) is 0 Å². The Balaban J connectivity index is 1.87. The highest BCUT2D eigenvalue weighted by molar-refractivity contribution is 6.05.